The molecule has 0 saturated carbocycles. The van der Waals surface area contributed by atoms with E-state index in [1.807, 2.05) is 0 Å². The van der Waals surface area contributed by atoms with Crippen LogP contribution in [0.25, 0.3) is 0 Å². The van der Waals surface area contributed by atoms with E-state index in [4.69, 9.17) is 42.8 Å². The van der Waals surface area contributed by atoms with E-state index in [9.17, 15) is 28.0 Å². The van der Waals surface area contributed by atoms with Gasteiger partial charge in [-0.1, -0.05) is 0 Å². The van der Waals surface area contributed by atoms with Gasteiger partial charge in [-0.2, -0.15) is 8.62 Å². The minimum Gasteiger partial charge on any atom is -0.302 e. The molecule has 14 nitrogen and oxygen atoms in total. The van der Waals surface area contributed by atoms with Crippen LogP contribution in [0.3, 0.4) is 0 Å². The molecule has 26 heavy (non-hydrogen) atoms. The van der Waals surface area contributed by atoms with E-state index in [0.29, 0.717) is 0 Å². The SMILES string of the molecule is O=P(O)(O)OP(=O)(O)OCC(CCCl)(CCCl)OP(=O)(O)OP(=O)(O)O. The van der Waals surface area contributed by atoms with Crippen molar-refractivity contribution < 1.29 is 65.3 Å². The predicted molar refractivity (Wildman–Crippen MR) is 86.4 cm³/mol. The second kappa shape index (κ2) is 10.2. The first kappa shape index (κ1) is 27.1. The smallest absolute Gasteiger partial charge is 0.302 e. The summed E-state index contributed by atoms with van der Waals surface area (Å²) in [7, 11) is -21.7. The number of alkyl halides is 2. The lowest BCUT2D eigenvalue weighted by molar-refractivity contribution is -0.0175. The highest BCUT2D eigenvalue weighted by Gasteiger charge is 2.45. The highest BCUT2D eigenvalue weighted by atomic mass is 35.5. The zero-order chi connectivity index (χ0) is 20.9. The Labute approximate surface area is 157 Å². The number of hydrogen-bond acceptors (Lipinski definition) is 8. The molecule has 20 heteroatoms. The van der Waals surface area contributed by atoms with Gasteiger partial charge in [0.2, 0.25) is 0 Å². The van der Waals surface area contributed by atoms with Gasteiger partial charge in [-0.3, -0.25) is 9.05 Å². The molecule has 0 aromatic heterocycles. The zero-order valence-corrected chi connectivity index (χ0v) is 17.6. The molecule has 0 bridgehead atoms. The summed E-state index contributed by atoms with van der Waals surface area (Å²) in [5, 5.41) is 0. The Balaban J connectivity index is 5.49. The molecule has 0 heterocycles. The topological polar surface area (TPSA) is 227 Å². The summed E-state index contributed by atoms with van der Waals surface area (Å²) in [6.45, 7) is -1.13. The standard InChI is InChI=1S/C6H16Cl2O14P4/c7-3-1-6(2-4-8,20-26(17,18)22-24(12,13)14)5-19-25(15,16)21-23(9,10)11/h1-5H2,(H,15,16)(H,17,18)(H2,9,10,11)(H2,12,13,14). The van der Waals surface area contributed by atoms with E-state index < -0.39 is 56.3 Å². The molecule has 6 N–H and O–H groups in total. The normalized spacial score (nSPS) is 18.3. The van der Waals surface area contributed by atoms with Gasteiger partial charge in [-0.15, -0.1) is 23.2 Å². The molecule has 0 aromatic carbocycles. The summed E-state index contributed by atoms with van der Waals surface area (Å²) in [4.78, 5) is 52.9. The number of hydrogen-bond donors (Lipinski definition) is 6. The fourth-order valence-corrected chi connectivity index (χ4v) is 5.77. The lowest BCUT2D eigenvalue weighted by atomic mass is 9.99. The Kier molecular flexibility index (Phi) is 10.7. The van der Waals surface area contributed by atoms with Crippen LogP contribution in [0, 0.1) is 0 Å². The summed E-state index contributed by atoms with van der Waals surface area (Å²) in [6, 6.07) is 0. The van der Waals surface area contributed by atoms with Crippen LogP contribution < -0.4 is 0 Å². The van der Waals surface area contributed by atoms with Gasteiger partial charge in [0, 0.05) is 11.8 Å². The molecule has 0 saturated heterocycles. The quantitative estimate of drug-likeness (QED) is 0.153. The number of halogens is 2. The molecule has 0 fully saturated rings. The van der Waals surface area contributed by atoms with Crippen molar-refractivity contribution >= 4 is 54.5 Å². The van der Waals surface area contributed by atoms with Gasteiger partial charge in [0.15, 0.2) is 0 Å². The third kappa shape index (κ3) is 12.5. The van der Waals surface area contributed by atoms with Gasteiger partial charge in [0.25, 0.3) is 0 Å². The first-order valence-electron chi connectivity index (χ1n) is 6.11. The van der Waals surface area contributed by atoms with Crippen molar-refractivity contribution in [2.45, 2.75) is 18.4 Å². The van der Waals surface area contributed by atoms with E-state index in [1.165, 1.54) is 0 Å². The Morgan fingerprint density at radius 3 is 1.46 bits per heavy atom. The van der Waals surface area contributed by atoms with Crippen LogP contribution in [0.1, 0.15) is 12.8 Å². The highest BCUT2D eigenvalue weighted by Crippen LogP contribution is 2.61. The first-order valence-corrected chi connectivity index (χ1v) is 13.2. The molecule has 0 aliphatic carbocycles. The fraction of sp³-hybridized carbons (Fsp3) is 1.00. The predicted octanol–water partition coefficient (Wildman–Crippen LogP) is 1.44. The highest BCUT2D eigenvalue weighted by molar-refractivity contribution is 7.61. The maximum atomic E-state index is 11.7. The molecule has 2 unspecified atom stereocenters. The number of phosphoric acid groups is 4. The number of rotatable bonds is 13. The molecule has 0 amide bonds. The molecule has 158 valence electrons. The minimum atomic E-state index is -5.47. The molecule has 2 atom stereocenters. The molecular formula is C6H16Cl2O14P4. The fourth-order valence-electron chi connectivity index (χ4n) is 1.48. The van der Waals surface area contributed by atoms with Crippen molar-refractivity contribution in [3.05, 3.63) is 0 Å². The van der Waals surface area contributed by atoms with Gasteiger partial charge >= 0.3 is 31.3 Å². The second-order valence-corrected chi connectivity index (χ2v) is 10.8. The zero-order valence-electron chi connectivity index (χ0n) is 12.5. The van der Waals surface area contributed by atoms with E-state index in [2.05, 4.69) is 17.7 Å². The summed E-state index contributed by atoms with van der Waals surface area (Å²) in [6.07, 6.45) is -0.821. The van der Waals surface area contributed by atoms with Crippen LogP contribution in [0.2, 0.25) is 0 Å². The lowest BCUT2D eigenvalue weighted by Gasteiger charge is -2.33. The second-order valence-electron chi connectivity index (χ2n) is 4.51. The van der Waals surface area contributed by atoms with Gasteiger partial charge in [-0.05, 0) is 12.8 Å². The van der Waals surface area contributed by atoms with Crippen LogP contribution in [-0.2, 0) is 35.9 Å². The molecule has 0 aromatic rings. The van der Waals surface area contributed by atoms with Crippen LogP contribution in [0.15, 0.2) is 0 Å². The van der Waals surface area contributed by atoms with Crippen molar-refractivity contribution in [1.82, 2.24) is 0 Å². The van der Waals surface area contributed by atoms with E-state index >= 15 is 0 Å². The van der Waals surface area contributed by atoms with E-state index in [1.54, 1.807) is 0 Å². The Morgan fingerprint density at radius 1 is 0.731 bits per heavy atom. The maximum absolute atomic E-state index is 11.7. The molecule has 0 aliphatic heterocycles. The van der Waals surface area contributed by atoms with Gasteiger partial charge in [0.05, 0.1) is 6.61 Å². The maximum Gasteiger partial charge on any atom is 0.481 e. The van der Waals surface area contributed by atoms with Crippen molar-refractivity contribution in [3.8, 4) is 0 Å². The first-order chi connectivity index (χ1) is 11.4. The summed E-state index contributed by atoms with van der Waals surface area (Å²) >= 11 is 11.0. The average Bonchev–Trinajstić information content (AvgIpc) is 2.30. The van der Waals surface area contributed by atoms with Gasteiger partial charge in [0.1, 0.15) is 5.60 Å². The largest absolute Gasteiger partial charge is 0.481 e. The van der Waals surface area contributed by atoms with Crippen molar-refractivity contribution in [2.24, 2.45) is 0 Å². The van der Waals surface area contributed by atoms with Crippen molar-refractivity contribution in [2.75, 3.05) is 18.4 Å². The summed E-state index contributed by atoms with van der Waals surface area (Å²) in [5.74, 6) is -0.628. The van der Waals surface area contributed by atoms with E-state index in [-0.39, 0.29) is 11.8 Å². The Morgan fingerprint density at radius 2 is 1.12 bits per heavy atom. The summed E-state index contributed by atoms with van der Waals surface area (Å²) in [5.41, 5.74) is -2.10. The van der Waals surface area contributed by atoms with Crippen LogP contribution >= 0.6 is 54.5 Å². The molecule has 0 aliphatic rings. The molecular weight excluding hydrogens is 491 g/mol. The van der Waals surface area contributed by atoms with Crippen molar-refractivity contribution in [3.63, 3.8) is 0 Å². The van der Waals surface area contributed by atoms with Gasteiger partial charge in [-0.25, -0.2) is 18.3 Å². The van der Waals surface area contributed by atoms with Crippen LogP contribution in [0.5, 0.6) is 0 Å². The molecule has 0 rings (SSSR count). The van der Waals surface area contributed by atoms with Crippen LogP contribution in [0.4, 0.5) is 0 Å². The number of phosphoric ester groups is 2. The third-order valence-corrected chi connectivity index (χ3v) is 7.12. The minimum absolute atomic E-state index is 0.314. The molecule has 0 spiro atoms. The third-order valence-electron chi connectivity index (χ3n) is 2.32. The van der Waals surface area contributed by atoms with Gasteiger partial charge < -0.3 is 29.4 Å². The average molecular weight is 507 g/mol. The van der Waals surface area contributed by atoms with Crippen molar-refractivity contribution in [1.29, 1.82) is 0 Å². The van der Waals surface area contributed by atoms with E-state index in [0.717, 1.165) is 0 Å². The monoisotopic (exact) mass is 506 g/mol. The lowest BCUT2D eigenvalue weighted by Crippen LogP contribution is -2.38. The summed E-state index contributed by atoms with van der Waals surface area (Å²) < 4.78 is 60.6. The Bertz CT molecular complexity index is 635. The Hall–Kier alpha value is 1.10. The molecule has 0 radical (unpaired) electrons. The van der Waals surface area contributed by atoms with Crippen LogP contribution in [-0.4, -0.2) is 53.3 Å².